The maximum Gasteiger partial charge on any atom is 0.329 e. The van der Waals surface area contributed by atoms with Crippen molar-refractivity contribution in [3.05, 3.63) is 0 Å². The Morgan fingerprint density at radius 2 is 2.28 bits per heavy atom. The predicted molar refractivity (Wildman–Crippen MR) is 66.0 cm³/mol. The lowest BCUT2D eigenvalue weighted by Gasteiger charge is -2.35. The van der Waals surface area contributed by atoms with Gasteiger partial charge in [-0.15, -0.1) is 0 Å². The van der Waals surface area contributed by atoms with Crippen LogP contribution in [-0.2, 0) is 14.3 Å². The van der Waals surface area contributed by atoms with Gasteiger partial charge in [-0.1, -0.05) is 19.8 Å². The molecule has 2 unspecified atom stereocenters. The van der Waals surface area contributed by atoms with E-state index in [9.17, 15) is 9.59 Å². The molecule has 0 aliphatic heterocycles. The van der Waals surface area contributed by atoms with Crippen LogP contribution < -0.4 is 11.1 Å². The van der Waals surface area contributed by atoms with Crippen molar-refractivity contribution < 1.29 is 19.4 Å². The molecule has 0 aromatic rings. The molecule has 6 heteroatoms. The first-order chi connectivity index (χ1) is 8.44. The average Bonchev–Trinajstić information content (AvgIpc) is 2.27. The Kier molecular flexibility index (Phi) is 5.55. The van der Waals surface area contributed by atoms with Gasteiger partial charge in [0.1, 0.15) is 6.61 Å². The minimum Gasteiger partial charge on any atom is -0.480 e. The number of aliphatic carboxylic acids is 1. The van der Waals surface area contributed by atoms with Gasteiger partial charge in [0.2, 0.25) is 5.91 Å². The second kappa shape index (κ2) is 6.70. The van der Waals surface area contributed by atoms with Gasteiger partial charge in [-0.25, -0.2) is 4.79 Å². The molecule has 18 heavy (non-hydrogen) atoms. The van der Waals surface area contributed by atoms with E-state index in [1.807, 2.05) is 0 Å². The number of nitrogens with two attached hydrogens (primary N) is 1. The minimum absolute atomic E-state index is 0.159. The number of ether oxygens (including phenoxy) is 1. The van der Waals surface area contributed by atoms with Crippen molar-refractivity contribution in [2.75, 3.05) is 19.8 Å². The van der Waals surface area contributed by atoms with Gasteiger partial charge in [-0.05, 0) is 18.8 Å². The van der Waals surface area contributed by atoms with Crippen LogP contribution in [0.2, 0.25) is 0 Å². The number of amides is 1. The summed E-state index contributed by atoms with van der Waals surface area (Å²) in [6.45, 7) is 2.23. The second-order valence-electron chi connectivity index (χ2n) is 5.06. The lowest BCUT2D eigenvalue weighted by molar-refractivity contribution is -0.142. The van der Waals surface area contributed by atoms with Crippen LogP contribution in [0.5, 0.6) is 0 Å². The molecule has 1 fully saturated rings. The maximum atomic E-state index is 12.0. The Hall–Kier alpha value is -1.14. The van der Waals surface area contributed by atoms with Crippen LogP contribution in [0.1, 0.15) is 32.6 Å². The van der Waals surface area contributed by atoms with Crippen molar-refractivity contribution in [1.29, 1.82) is 0 Å². The second-order valence-corrected chi connectivity index (χ2v) is 5.06. The summed E-state index contributed by atoms with van der Waals surface area (Å²) in [6, 6.07) is 0. The summed E-state index contributed by atoms with van der Waals surface area (Å²) >= 11 is 0. The summed E-state index contributed by atoms with van der Waals surface area (Å²) in [5.74, 6) is -0.705. The molecule has 0 radical (unpaired) electrons. The Morgan fingerprint density at radius 1 is 1.56 bits per heavy atom. The number of hydrogen-bond donors (Lipinski definition) is 3. The number of carboxylic acid groups (broad SMARTS) is 1. The van der Waals surface area contributed by atoms with Gasteiger partial charge >= 0.3 is 5.97 Å². The molecule has 0 heterocycles. The number of nitrogens with one attached hydrogen (secondary N) is 1. The van der Waals surface area contributed by atoms with Crippen LogP contribution >= 0.6 is 0 Å². The molecule has 4 N–H and O–H groups in total. The fourth-order valence-corrected chi connectivity index (χ4v) is 2.37. The molecule has 1 aliphatic carbocycles. The molecule has 0 aromatic carbocycles. The highest BCUT2D eigenvalue weighted by atomic mass is 16.5. The third-order valence-corrected chi connectivity index (χ3v) is 3.24. The van der Waals surface area contributed by atoms with Gasteiger partial charge in [-0.3, -0.25) is 4.79 Å². The third kappa shape index (κ3) is 4.62. The highest BCUT2D eigenvalue weighted by Crippen LogP contribution is 2.30. The Labute approximate surface area is 107 Å². The first-order valence-electron chi connectivity index (χ1n) is 6.31. The zero-order chi connectivity index (χ0) is 13.6. The molecule has 1 rings (SSSR count). The molecule has 1 saturated carbocycles. The molecule has 104 valence electrons. The fraction of sp³-hybridized carbons (Fsp3) is 0.833. The SMILES string of the molecule is CC1CCCC(N)(C(=O)NCCOCC(=O)O)C1. The van der Waals surface area contributed by atoms with Crippen molar-refractivity contribution in [1.82, 2.24) is 5.32 Å². The topological polar surface area (TPSA) is 102 Å². The van der Waals surface area contributed by atoms with E-state index >= 15 is 0 Å². The van der Waals surface area contributed by atoms with Crippen molar-refractivity contribution in [3.63, 3.8) is 0 Å². The number of rotatable bonds is 6. The zero-order valence-corrected chi connectivity index (χ0v) is 10.8. The van der Waals surface area contributed by atoms with E-state index in [1.54, 1.807) is 0 Å². The molecule has 1 amide bonds. The van der Waals surface area contributed by atoms with E-state index in [-0.39, 0.29) is 19.1 Å². The van der Waals surface area contributed by atoms with Crippen LogP contribution in [0.4, 0.5) is 0 Å². The first kappa shape index (κ1) is 14.9. The zero-order valence-electron chi connectivity index (χ0n) is 10.8. The largest absolute Gasteiger partial charge is 0.480 e. The predicted octanol–water partition coefficient (Wildman–Crippen LogP) is 0.111. The molecule has 0 aromatic heterocycles. The van der Waals surface area contributed by atoms with E-state index in [1.165, 1.54) is 0 Å². The maximum absolute atomic E-state index is 12.0. The van der Waals surface area contributed by atoms with Crippen LogP contribution in [0.15, 0.2) is 0 Å². The van der Waals surface area contributed by atoms with Gasteiger partial charge < -0.3 is 20.9 Å². The van der Waals surface area contributed by atoms with Gasteiger partial charge in [0.15, 0.2) is 0 Å². The van der Waals surface area contributed by atoms with Gasteiger partial charge in [0, 0.05) is 6.54 Å². The van der Waals surface area contributed by atoms with Crippen LogP contribution in [0.25, 0.3) is 0 Å². The summed E-state index contributed by atoms with van der Waals surface area (Å²) in [6.07, 6.45) is 3.50. The number of carbonyl (C=O) groups is 2. The highest BCUT2D eigenvalue weighted by molar-refractivity contribution is 5.86. The normalized spacial score (nSPS) is 27.8. The molecular formula is C12H22N2O4. The molecule has 0 bridgehead atoms. The summed E-state index contributed by atoms with van der Waals surface area (Å²) in [7, 11) is 0. The molecular weight excluding hydrogens is 236 g/mol. The smallest absolute Gasteiger partial charge is 0.329 e. The van der Waals surface area contributed by atoms with Crippen molar-refractivity contribution in [2.45, 2.75) is 38.1 Å². The van der Waals surface area contributed by atoms with E-state index in [0.29, 0.717) is 25.3 Å². The van der Waals surface area contributed by atoms with Crippen molar-refractivity contribution >= 4 is 11.9 Å². The molecule has 1 aliphatic rings. The van der Waals surface area contributed by atoms with Gasteiger partial charge in [0.05, 0.1) is 12.1 Å². The number of carbonyl (C=O) groups excluding carboxylic acids is 1. The summed E-state index contributed by atoms with van der Waals surface area (Å²) in [5, 5.41) is 11.1. The van der Waals surface area contributed by atoms with E-state index < -0.39 is 11.5 Å². The molecule has 6 nitrogen and oxygen atoms in total. The van der Waals surface area contributed by atoms with Crippen molar-refractivity contribution in [2.24, 2.45) is 11.7 Å². The lowest BCUT2D eigenvalue weighted by Crippen LogP contribution is -2.56. The fourth-order valence-electron chi connectivity index (χ4n) is 2.37. The Bertz CT molecular complexity index is 308. The van der Waals surface area contributed by atoms with Crippen LogP contribution in [0.3, 0.4) is 0 Å². The molecule has 2 atom stereocenters. The quantitative estimate of drug-likeness (QED) is 0.587. The summed E-state index contributed by atoms with van der Waals surface area (Å²) in [5.41, 5.74) is 5.34. The van der Waals surface area contributed by atoms with Crippen LogP contribution in [-0.4, -0.2) is 42.3 Å². The monoisotopic (exact) mass is 258 g/mol. The lowest BCUT2D eigenvalue weighted by atomic mass is 9.76. The third-order valence-electron chi connectivity index (χ3n) is 3.24. The highest BCUT2D eigenvalue weighted by Gasteiger charge is 2.37. The molecule has 0 saturated heterocycles. The first-order valence-corrected chi connectivity index (χ1v) is 6.31. The van der Waals surface area contributed by atoms with Crippen molar-refractivity contribution in [3.8, 4) is 0 Å². The molecule has 0 spiro atoms. The van der Waals surface area contributed by atoms with E-state index in [2.05, 4.69) is 12.2 Å². The Balaban J connectivity index is 2.25. The number of hydrogen-bond acceptors (Lipinski definition) is 4. The average molecular weight is 258 g/mol. The number of carboxylic acids is 1. The Morgan fingerprint density at radius 3 is 2.89 bits per heavy atom. The van der Waals surface area contributed by atoms with Gasteiger partial charge in [-0.2, -0.15) is 0 Å². The minimum atomic E-state index is -1.02. The standard InChI is InChI=1S/C12H22N2O4/c1-9-3-2-4-12(13,7-9)11(17)14-5-6-18-8-10(15)16/h9H,2-8,13H2,1H3,(H,14,17)(H,15,16). The summed E-state index contributed by atoms with van der Waals surface area (Å²) < 4.78 is 4.83. The summed E-state index contributed by atoms with van der Waals surface area (Å²) in [4.78, 5) is 22.2. The van der Waals surface area contributed by atoms with Crippen LogP contribution in [0, 0.1) is 5.92 Å². The van der Waals surface area contributed by atoms with Gasteiger partial charge in [0.25, 0.3) is 0 Å². The van der Waals surface area contributed by atoms with E-state index in [0.717, 1.165) is 12.8 Å². The van der Waals surface area contributed by atoms with E-state index in [4.69, 9.17) is 15.6 Å².